The fourth-order valence-corrected chi connectivity index (χ4v) is 2.74. The van der Waals surface area contributed by atoms with Crippen molar-refractivity contribution in [3.05, 3.63) is 35.4 Å². The van der Waals surface area contributed by atoms with Crippen molar-refractivity contribution in [2.24, 2.45) is 5.41 Å². The Bertz CT molecular complexity index is 543. The van der Waals surface area contributed by atoms with E-state index in [9.17, 15) is 14.7 Å². The van der Waals surface area contributed by atoms with Gasteiger partial charge in [-0.1, -0.05) is 31.2 Å². The molecule has 0 aliphatic heterocycles. The largest absolute Gasteiger partial charge is 0.467 e. The van der Waals surface area contributed by atoms with Crippen LogP contribution in [0.2, 0.25) is 0 Å². The van der Waals surface area contributed by atoms with E-state index in [0.29, 0.717) is 6.42 Å². The lowest BCUT2D eigenvalue weighted by atomic mass is 9.72. The first kappa shape index (κ1) is 15.5. The van der Waals surface area contributed by atoms with Crippen molar-refractivity contribution in [3.63, 3.8) is 0 Å². The number of amides is 1. The van der Waals surface area contributed by atoms with Gasteiger partial charge in [0.15, 0.2) is 6.04 Å². The standard InChI is InChI=1S/C16H21NO4/c1-16(15(20)17-13(10-18)14(19)21-2)8-7-11-5-3-4-6-12(11)9-16/h3-6,13,18H,7-10H2,1-2H3,(H,17,20)/t13-,16?/m0/s1. The first-order chi connectivity index (χ1) is 10.00. The van der Waals surface area contributed by atoms with Crippen molar-refractivity contribution < 1.29 is 19.4 Å². The summed E-state index contributed by atoms with van der Waals surface area (Å²) in [5.74, 6) is -0.855. The van der Waals surface area contributed by atoms with Crippen molar-refractivity contribution in [3.8, 4) is 0 Å². The Labute approximate surface area is 124 Å². The third-order valence-corrected chi connectivity index (χ3v) is 4.17. The molecular formula is C16H21NO4. The van der Waals surface area contributed by atoms with Gasteiger partial charge in [-0.2, -0.15) is 0 Å². The van der Waals surface area contributed by atoms with Crippen molar-refractivity contribution in [2.45, 2.75) is 32.2 Å². The minimum atomic E-state index is -1.00. The summed E-state index contributed by atoms with van der Waals surface area (Å²) in [6.07, 6.45) is 2.19. The fraction of sp³-hybridized carbons (Fsp3) is 0.500. The zero-order chi connectivity index (χ0) is 15.5. The van der Waals surface area contributed by atoms with Gasteiger partial charge in [0.2, 0.25) is 5.91 Å². The fourth-order valence-electron chi connectivity index (χ4n) is 2.74. The molecule has 2 N–H and O–H groups in total. The number of aryl methyl sites for hydroxylation is 1. The molecule has 21 heavy (non-hydrogen) atoms. The Balaban J connectivity index is 2.11. The van der Waals surface area contributed by atoms with E-state index in [0.717, 1.165) is 12.8 Å². The molecule has 0 saturated heterocycles. The zero-order valence-corrected chi connectivity index (χ0v) is 12.4. The number of hydrogen-bond acceptors (Lipinski definition) is 4. The molecule has 0 radical (unpaired) electrons. The van der Waals surface area contributed by atoms with E-state index in [2.05, 4.69) is 16.1 Å². The number of aliphatic hydroxyl groups excluding tert-OH is 1. The number of rotatable bonds is 4. The average molecular weight is 291 g/mol. The summed E-state index contributed by atoms with van der Waals surface area (Å²) in [6, 6.07) is 7.08. The van der Waals surface area contributed by atoms with E-state index in [1.807, 2.05) is 25.1 Å². The number of aliphatic hydroxyl groups is 1. The van der Waals surface area contributed by atoms with Gasteiger partial charge in [-0.25, -0.2) is 4.79 Å². The van der Waals surface area contributed by atoms with E-state index in [-0.39, 0.29) is 5.91 Å². The minimum absolute atomic E-state index is 0.221. The van der Waals surface area contributed by atoms with Gasteiger partial charge in [-0.3, -0.25) is 4.79 Å². The van der Waals surface area contributed by atoms with Gasteiger partial charge in [0.05, 0.1) is 19.1 Å². The molecule has 0 bridgehead atoms. The van der Waals surface area contributed by atoms with E-state index in [4.69, 9.17) is 0 Å². The summed E-state index contributed by atoms with van der Waals surface area (Å²) in [5.41, 5.74) is 1.87. The molecule has 0 fully saturated rings. The summed E-state index contributed by atoms with van der Waals surface area (Å²) in [5, 5.41) is 11.8. The van der Waals surface area contributed by atoms with Crippen LogP contribution < -0.4 is 5.32 Å². The molecule has 1 aliphatic rings. The molecule has 2 atom stereocenters. The Hall–Kier alpha value is -1.88. The third kappa shape index (κ3) is 3.24. The summed E-state index contributed by atoms with van der Waals surface area (Å²) in [4.78, 5) is 24.0. The number of carbonyl (C=O) groups is 2. The predicted molar refractivity (Wildman–Crippen MR) is 77.6 cm³/mol. The highest BCUT2D eigenvalue weighted by atomic mass is 16.5. The van der Waals surface area contributed by atoms with Crippen LogP contribution in [0.25, 0.3) is 0 Å². The second-order valence-electron chi connectivity index (χ2n) is 5.74. The minimum Gasteiger partial charge on any atom is -0.467 e. The van der Waals surface area contributed by atoms with Gasteiger partial charge in [-0.05, 0) is 30.4 Å². The van der Waals surface area contributed by atoms with E-state index < -0.39 is 24.0 Å². The number of ether oxygens (including phenoxy) is 1. The first-order valence-electron chi connectivity index (χ1n) is 7.06. The van der Waals surface area contributed by atoms with Crippen LogP contribution in [0.5, 0.6) is 0 Å². The highest BCUT2D eigenvalue weighted by Gasteiger charge is 2.38. The van der Waals surface area contributed by atoms with Crippen LogP contribution >= 0.6 is 0 Å². The predicted octanol–water partition coefficient (Wildman–Crippen LogP) is 0.832. The summed E-state index contributed by atoms with van der Waals surface area (Å²) in [6.45, 7) is 1.43. The Kier molecular flexibility index (Phi) is 4.63. The lowest BCUT2D eigenvalue weighted by Gasteiger charge is -2.34. The van der Waals surface area contributed by atoms with Crippen LogP contribution in [0.1, 0.15) is 24.5 Å². The molecule has 2 rings (SSSR count). The number of carbonyl (C=O) groups excluding carboxylic acids is 2. The van der Waals surface area contributed by atoms with Gasteiger partial charge >= 0.3 is 5.97 Å². The lowest BCUT2D eigenvalue weighted by Crippen LogP contribution is -2.51. The van der Waals surface area contributed by atoms with Gasteiger partial charge in [0.1, 0.15) is 0 Å². The summed E-state index contributed by atoms with van der Waals surface area (Å²) < 4.78 is 4.57. The molecule has 0 spiro atoms. The van der Waals surface area contributed by atoms with Crippen LogP contribution in [0, 0.1) is 5.41 Å². The summed E-state index contributed by atoms with van der Waals surface area (Å²) >= 11 is 0. The average Bonchev–Trinajstić information content (AvgIpc) is 2.51. The topological polar surface area (TPSA) is 75.6 Å². The smallest absolute Gasteiger partial charge is 0.330 e. The van der Waals surface area contributed by atoms with Crippen molar-refractivity contribution in [1.29, 1.82) is 0 Å². The lowest BCUT2D eigenvalue weighted by molar-refractivity contribution is -0.147. The SMILES string of the molecule is COC(=O)[C@H](CO)NC(=O)C1(C)CCc2ccccc2C1. The van der Waals surface area contributed by atoms with Crippen LogP contribution in [0.15, 0.2) is 24.3 Å². The highest BCUT2D eigenvalue weighted by molar-refractivity contribution is 5.88. The van der Waals surface area contributed by atoms with E-state index >= 15 is 0 Å². The zero-order valence-electron chi connectivity index (χ0n) is 12.4. The molecule has 114 valence electrons. The maximum Gasteiger partial charge on any atom is 0.330 e. The molecule has 5 heteroatoms. The number of methoxy groups -OCH3 is 1. The second kappa shape index (κ2) is 6.26. The van der Waals surface area contributed by atoms with Gasteiger partial charge in [-0.15, -0.1) is 0 Å². The number of benzene rings is 1. The van der Waals surface area contributed by atoms with Crippen LogP contribution in [-0.2, 0) is 27.2 Å². The number of fused-ring (bicyclic) bond motifs is 1. The molecule has 1 aliphatic carbocycles. The molecule has 5 nitrogen and oxygen atoms in total. The molecule has 0 heterocycles. The molecule has 1 unspecified atom stereocenters. The van der Waals surface area contributed by atoms with Gasteiger partial charge in [0, 0.05) is 0 Å². The van der Waals surface area contributed by atoms with Crippen molar-refractivity contribution in [2.75, 3.05) is 13.7 Å². The van der Waals surface area contributed by atoms with Crippen molar-refractivity contribution >= 4 is 11.9 Å². The Morgan fingerprint density at radius 2 is 2.05 bits per heavy atom. The monoisotopic (exact) mass is 291 g/mol. The number of nitrogens with one attached hydrogen (secondary N) is 1. The quantitative estimate of drug-likeness (QED) is 0.806. The Morgan fingerprint density at radius 3 is 2.67 bits per heavy atom. The van der Waals surface area contributed by atoms with Crippen LogP contribution in [-0.4, -0.2) is 36.7 Å². The van der Waals surface area contributed by atoms with Crippen LogP contribution in [0.4, 0.5) is 0 Å². The van der Waals surface area contributed by atoms with E-state index in [1.54, 1.807) is 0 Å². The number of esters is 1. The molecule has 1 aromatic carbocycles. The van der Waals surface area contributed by atoms with Gasteiger partial charge < -0.3 is 15.2 Å². The molecule has 1 aromatic rings. The van der Waals surface area contributed by atoms with Gasteiger partial charge in [0.25, 0.3) is 0 Å². The molecule has 0 aromatic heterocycles. The van der Waals surface area contributed by atoms with Crippen molar-refractivity contribution in [1.82, 2.24) is 5.32 Å². The first-order valence-corrected chi connectivity index (χ1v) is 7.06. The highest BCUT2D eigenvalue weighted by Crippen LogP contribution is 2.35. The summed E-state index contributed by atoms with van der Waals surface area (Å²) in [7, 11) is 1.23. The third-order valence-electron chi connectivity index (χ3n) is 4.17. The van der Waals surface area contributed by atoms with E-state index in [1.165, 1.54) is 18.2 Å². The van der Waals surface area contributed by atoms with Crippen LogP contribution in [0.3, 0.4) is 0 Å². The molecule has 1 amide bonds. The Morgan fingerprint density at radius 1 is 1.38 bits per heavy atom. The maximum absolute atomic E-state index is 12.5. The second-order valence-corrected chi connectivity index (χ2v) is 5.74. The number of hydrogen-bond donors (Lipinski definition) is 2. The molecular weight excluding hydrogens is 270 g/mol. The normalized spacial score (nSPS) is 22.0. The molecule has 0 saturated carbocycles. The maximum atomic E-state index is 12.5.